The number of rotatable bonds is 17. The van der Waals surface area contributed by atoms with Gasteiger partial charge in [0.05, 0.1) is 0 Å². The minimum atomic E-state index is -1.92. The lowest BCUT2D eigenvalue weighted by molar-refractivity contribution is -0.143. The Kier molecular flexibility index (Phi) is 12.0. The van der Waals surface area contributed by atoms with Gasteiger partial charge in [-0.15, -0.1) is 0 Å². The van der Waals surface area contributed by atoms with Crippen LogP contribution in [0, 0.1) is 0 Å². The number of amides is 8. The molecule has 8 amide bonds. The standard InChI is InChI=1S/C24H28N6O12/c31-13(11-29-15(33)5-6-16(29)34)27-21(23(41)25-9-1-3-19(37)38)22(24(42)26-10-2-4-20(39)40)28-14(32)12-30-17(35)7-8-18(30)36/h5-8,21-22H,1-4,9-12H2,(H,25,41)(H,26,42)(H,27,31)(H,28,32)(H,37,38)(H,39,40). The molecule has 18 heteroatoms. The van der Waals surface area contributed by atoms with Crippen LogP contribution in [0.1, 0.15) is 25.7 Å². The molecule has 2 heterocycles. The molecule has 0 saturated heterocycles. The van der Waals surface area contributed by atoms with Crippen LogP contribution in [0.25, 0.3) is 0 Å². The number of carbonyl (C=O) groups excluding carboxylic acids is 8. The molecule has 0 aromatic rings. The normalized spacial score (nSPS) is 15.4. The van der Waals surface area contributed by atoms with E-state index in [1.54, 1.807) is 0 Å². The Hall–Kier alpha value is -5.42. The molecular formula is C24H28N6O12. The van der Waals surface area contributed by atoms with Crippen LogP contribution in [0.3, 0.4) is 0 Å². The largest absolute Gasteiger partial charge is 0.481 e. The lowest BCUT2D eigenvalue weighted by atomic mass is 10.1. The molecule has 0 aromatic heterocycles. The molecule has 42 heavy (non-hydrogen) atoms. The van der Waals surface area contributed by atoms with Crippen molar-refractivity contribution in [2.75, 3.05) is 26.2 Å². The van der Waals surface area contributed by atoms with Crippen molar-refractivity contribution in [2.24, 2.45) is 0 Å². The van der Waals surface area contributed by atoms with E-state index in [1.165, 1.54) is 0 Å². The highest BCUT2D eigenvalue weighted by Gasteiger charge is 2.38. The summed E-state index contributed by atoms with van der Waals surface area (Å²) in [6.45, 7) is -2.19. The Morgan fingerprint density at radius 3 is 1.19 bits per heavy atom. The van der Waals surface area contributed by atoms with Crippen molar-refractivity contribution in [1.82, 2.24) is 31.1 Å². The highest BCUT2D eigenvalue weighted by molar-refractivity contribution is 6.15. The van der Waals surface area contributed by atoms with Crippen molar-refractivity contribution in [3.05, 3.63) is 24.3 Å². The summed E-state index contributed by atoms with van der Waals surface area (Å²) >= 11 is 0. The van der Waals surface area contributed by atoms with Gasteiger partial charge < -0.3 is 31.5 Å². The second-order valence-corrected chi connectivity index (χ2v) is 8.86. The Labute approximate surface area is 237 Å². The van der Waals surface area contributed by atoms with Gasteiger partial charge in [-0.3, -0.25) is 57.7 Å². The molecule has 6 N–H and O–H groups in total. The van der Waals surface area contributed by atoms with Crippen molar-refractivity contribution < 1.29 is 58.2 Å². The van der Waals surface area contributed by atoms with E-state index in [0.29, 0.717) is 9.80 Å². The van der Waals surface area contributed by atoms with Crippen LogP contribution in [0.15, 0.2) is 24.3 Å². The third kappa shape index (κ3) is 9.96. The maximum atomic E-state index is 13.1. The lowest BCUT2D eigenvalue weighted by Gasteiger charge is -2.28. The van der Waals surface area contributed by atoms with E-state index in [9.17, 15) is 47.9 Å². The first-order chi connectivity index (χ1) is 19.8. The summed E-state index contributed by atoms with van der Waals surface area (Å²) in [5, 5.41) is 26.6. The summed E-state index contributed by atoms with van der Waals surface area (Å²) in [5.74, 6) is -9.95. The van der Waals surface area contributed by atoms with E-state index in [4.69, 9.17) is 10.2 Å². The minimum absolute atomic E-state index is 0.0468. The van der Waals surface area contributed by atoms with E-state index in [1.807, 2.05) is 0 Å². The number of imide groups is 2. The highest BCUT2D eigenvalue weighted by atomic mass is 16.4. The van der Waals surface area contributed by atoms with E-state index in [0.717, 1.165) is 24.3 Å². The summed E-state index contributed by atoms with van der Waals surface area (Å²) in [5.41, 5.74) is 0. The molecule has 18 nitrogen and oxygen atoms in total. The molecule has 2 unspecified atom stereocenters. The molecule has 0 aromatic carbocycles. The van der Waals surface area contributed by atoms with Crippen LogP contribution >= 0.6 is 0 Å². The van der Waals surface area contributed by atoms with Crippen LogP contribution < -0.4 is 21.3 Å². The maximum Gasteiger partial charge on any atom is 0.303 e. The first-order valence-corrected chi connectivity index (χ1v) is 12.4. The van der Waals surface area contributed by atoms with Crippen molar-refractivity contribution >= 4 is 59.2 Å². The summed E-state index contributed by atoms with van der Waals surface area (Å²) in [4.78, 5) is 122. The molecule has 2 atom stereocenters. The predicted molar refractivity (Wildman–Crippen MR) is 135 cm³/mol. The number of hydrogen-bond acceptors (Lipinski definition) is 10. The first kappa shape index (κ1) is 32.8. The molecule has 2 aliphatic heterocycles. The van der Waals surface area contributed by atoms with E-state index in [-0.39, 0.29) is 38.8 Å². The molecule has 0 radical (unpaired) electrons. The molecule has 2 rings (SSSR count). The van der Waals surface area contributed by atoms with Gasteiger partial charge in [0, 0.05) is 50.2 Å². The smallest absolute Gasteiger partial charge is 0.303 e. The molecule has 0 spiro atoms. The Morgan fingerprint density at radius 2 is 0.905 bits per heavy atom. The number of aliphatic carboxylic acids is 2. The molecule has 0 saturated carbocycles. The number of carbonyl (C=O) groups is 10. The van der Waals surface area contributed by atoms with Gasteiger partial charge in [0.2, 0.25) is 23.6 Å². The number of nitrogens with one attached hydrogen (secondary N) is 4. The van der Waals surface area contributed by atoms with Gasteiger partial charge in [0.15, 0.2) is 0 Å². The van der Waals surface area contributed by atoms with Crippen molar-refractivity contribution in [2.45, 2.75) is 37.8 Å². The fraction of sp³-hybridized carbons (Fsp3) is 0.417. The third-order valence-corrected chi connectivity index (χ3v) is 5.67. The first-order valence-electron chi connectivity index (χ1n) is 12.4. The molecule has 2 aliphatic rings. The topological polar surface area (TPSA) is 266 Å². The second kappa shape index (κ2) is 15.4. The Morgan fingerprint density at radius 1 is 0.595 bits per heavy atom. The number of carboxylic acids is 2. The monoisotopic (exact) mass is 592 g/mol. The Balaban J connectivity index is 2.28. The van der Waals surface area contributed by atoms with Gasteiger partial charge >= 0.3 is 11.9 Å². The fourth-order valence-electron chi connectivity index (χ4n) is 3.62. The van der Waals surface area contributed by atoms with Crippen LogP contribution in [0.4, 0.5) is 0 Å². The third-order valence-electron chi connectivity index (χ3n) is 5.67. The zero-order valence-electron chi connectivity index (χ0n) is 22.0. The number of carboxylic acid groups (broad SMARTS) is 2. The van der Waals surface area contributed by atoms with Crippen LogP contribution in [-0.2, 0) is 47.9 Å². The van der Waals surface area contributed by atoms with Gasteiger partial charge in [-0.05, 0) is 12.8 Å². The average Bonchev–Trinajstić information content (AvgIpc) is 3.40. The van der Waals surface area contributed by atoms with Gasteiger partial charge in [-0.1, -0.05) is 0 Å². The van der Waals surface area contributed by atoms with Crippen LogP contribution in [0.2, 0.25) is 0 Å². The van der Waals surface area contributed by atoms with Crippen LogP contribution in [0.5, 0.6) is 0 Å². The molecule has 0 bridgehead atoms. The Bertz CT molecular complexity index is 1110. The van der Waals surface area contributed by atoms with Crippen LogP contribution in [-0.4, -0.2) is 117 Å². The highest BCUT2D eigenvalue weighted by Crippen LogP contribution is 2.06. The van der Waals surface area contributed by atoms with Crippen molar-refractivity contribution in [3.63, 3.8) is 0 Å². The lowest BCUT2D eigenvalue weighted by Crippen LogP contribution is -2.65. The summed E-state index contributed by atoms with van der Waals surface area (Å²) in [6, 6.07) is -3.84. The number of hydrogen-bond donors (Lipinski definition) is 6. The minimum Gasteiger partial charge on any atom is -0.481 e. The predicted octanol–water partition coefficient (Wildman–Crippen LogP) is -4.23. The van der Waals surface area contributed by atoms with Crippen molar-refractivity contribution in [3.8, 4) is 0 Å². The maximum absolute atomic E-state index is 13.1. The van der Waals surface area contributed by atoms with E-state index >= 15 is 0 Å². The zero-order valence-corrected chi connectivity index (χ0v) is 22.0. The summed E-state index contributed by atoms with van der Waals surface area (Å²) in [6.07, 6.45) is 2.87. The zero-order chi connectivity index (χ0) is 31.4. The fourth-order valence-corrected chi connectivity index (χ4v) is 3.62. The molecular weight excluding hydrogens is 564 g/mol. The number of nitrogens with zero attached hydrogens (tertiary/aromatic N) is 2. The van der Waals surface area contributed by atoms with Crippen molar-refractivity contribution in [1.29, 1.82) is 0 Å². The second-order valence-electron chi connectivity index (χ2n) is 8.86. The average molecular weight is 593 g/mol. The molecule has 0 aliphatic carbocycles. The quantitative estimate of drug-likeness (QED) is 0.0693. The van der Waals surface area contributed by atoms with Gasteiger partial charge in [-0.25, -0.2) is 0 Å². The summed E-state index contributed by atoms with van der Waals surface area (Å²) < 4.78 is 0. The SMILES string of the molecule is O=C(O)CCCNC(=O)C(NC(=O)CN1C(=O)C=CC1=O)C(NC(=O)CN1C(=O)C=CC1=O)C(=O)NCCCC(=O)O. The van der Waals surface area contributed by atoms with E-state index < -0.39 is 84.4 Å². The van der Waals surface area contributed by atoms with E-state index in [2.05, 4.69) is 21.3 Å². The van der Waals surface area contributed by atoms with Gasteiger partial charge in [0.25, 0.3) is 23.6 Å². The van der Waals surface area contributed by atoms with Gasteiger partial charge in [-0.2, -0.15) is 0 Å². The van der Waals surface area contributed by atoms with Gasteiger partial charge in [0.1, 0.15) is 25.2 Å². The molecule has 226 valence electrons. The summed E-state index contributed by atoms with van der Waals surface area (Å²) in [7, 11) is 0. The molecule has 0 fully saturated rings.